The van der Waals surface area contributed by atoms with Crippen LogP contribution in [0.15, 0.2) is 4.52 Å². The zero-order valence-electron chi connectivity index (χ0n) is 10.3. The van der Waals surface area contributed by atoms with Crippen LogP contribution in [-0.2, 0) is 17.8 Å². The van der Waals surface area contributed by atoms with Crippen LogP contribution in [0, 0.1) is 0 Å². The number of halogens is 3. The number of aromatic nitrogens is 2. The maximum Gasteiger partial charge on any atom is 0.411 e. The van der Waals surface area contributed by atoms with Gasteiger partial charge in [0.1, 0.15) is 13.2 Å². The lowest BCUT2D eigenvalue weighted by molar-refractivity contribution is -0.177. The van der Waals surface area contributed by atoms with Crippen LogP contribution in [0.3, 0.4) is 0 Å². The van der Waals surface area contributed by atoms with Crippen molar-refractivity contribution in [1.82, 2.24) is 10.1 Å². The predicted octanol–water partition coefficient (Wildman–Crippen LogP) is 1.82. The quantitative estimate of drug-likeness (QED) is 0.851. The number of nitrogens with zero attached hydrogens (tertiary/aromatic N) is 2. The van der Waals surface area contributed by atoms with Crippen LogP contribution in [0.4, 0.5) is 13.2 Å². The summed E-state index contributed by atoms with van der Waals surface area (Å²) in [6.07, 6.45) is -3.23. The Morgan fingerprint density at radius 1 is 1.33 bits per heavy atom. The topological polar surface area (TPSA) is 74.2 Å². The van der Waals surface area contributed by atoms with Crippen LogP contribution < -0.4 is 5.73 Å². The fourth-order valence-corrected chi connectivity index (χ4v) is 1.14. The third kappa shape index (κ3) is 6.55. The van der Waals surface area contributed by atoms with Crippen LogP contribution in [0.25, 0.3) is 0 Å². The first-order valence-corrected chi connectivity index (χ1v) is 5.40. The second kappa shape index (κ2) is 5.66. The summed E-state index contributed by atoms with van der Waals surface area (Å²) in [7, 11) is 0. The van der Waals surface area contributed by atoms with E-state index >= 15 is 0 Å². The molecule has 1 rings (SSSR count). The fourth-order valence-electron chi connectivity index (χ4n) is 1.14. The van der Waals surface area contributed by atoms with Crippen molar-refractivity contribution in [2.45, 2.75) is 45.0 Å². The molecule has 0 radical (unpaired) electrons. The molecule has 0 spiro atoms. The van der Waals surface area contributed by atoms with E-state index in [-0.39, 0.29) is 18.0 Å². The minimum Gasteiger partial charge on any atom is -0.364 e. The number of hydrogen-bond acceptors (Lipinski definition) is 5. The Morgan fingerprint density at radius 2 is 2.00 bits per heavy atom. The molecule has 104 valence electrons. The van der Waals surface area contributed by atoms with E-state index in [1.807, 2.05) is 13.8 Å². The van der Waals surface area contributed by atoms with E-state index in [9.17, 15) is 13.2 Å². The molecule has 0 saturated carbocycles. The molecule has 1 aromatic heterocycles. The summed E-state index contributed by atoms with van der Waals surface area (Å²) in [6, 6.07) is 0. The van der Waals surface area contributed by atoms with Crippen molar-refractivity contribution in [3.63, 3.8) is 0 Å². The van der Waals surface area contributed by atoms with Crippen LogP contribution in [0.1, 0.15) is 32.0 Å². The molecule has 18 heavy (non-hydrogen) atoms. The van der Waals surface area contributed by atoms with Crippen molar-refractivity contribution in [3.05, 3.63) is 11.7 Å². The van der Waals surface area contributed by atoms with Crippen molar-refractivity contribution in [2.24, 2.45) is 5.73 Å². The number of nitrogens with two attached hydrogens (primary N) is 1. The van der Waals surface area contributed by atoms with E-state index < -0.39 is 12.8 Å². The van der Waals surface area contributed by atoms with Gasteiger partial charge in [0, 0.05) is 12.0 Å². The van der Waals surface area contributed by atoms with Gasteiger partial charge >= 0.3 is 6.18 Å². The molecule has 8 heteroatoms. The van der Waals surface area contributed by atoms with Crippen molar-refractivity contribution in [1.29, 1.82) is 0 Å². The molecule has 2 N–H and O–H groups in total. The smallest absolute Gasteiger partial charge is 0.364 e. The van der Waals surface area contributed by atoms with Crippen LogP contribution in [0.2, 0.25) is 0 Å². The normalized spacial score (nSPS) is 13.0. The molecule has 0 aliphatic rings. The van der Waals surface area contributed by atoms with Gasteiger partial charge in [-0.05, 0) is 20.3 Å². The highest BCUT2D eigenvalue weighted by atomic mass is 19.4. The molecule has 0 aliphatic heterocycles. The molecule has 0 saturated heterocycles. The monoisotopic (exact) mass is 267 g/mol. The van der Waals surface area contributed by atoms with E-state index in [1.54, 1.807) is 0 Å². The van der Waals surface area contributed by atoms with Gasteiger partial charge in [0.15, 0.2) is 5.82 Å². The summed E-state index contributed by atoms with van der Waals surface area (Å²) in [5.41, 5.74) is 5.42. The predicted molar refractivity (Wildman–Crippen MR) is 56.6 cm³/mol. The molecule has 1 aromatic rings. The minimum absolute atomic E-state index is 0.101. The Balaban J connectivity index is 2.35. The van der Waals surface area contributed by atoms with Crippen LogP contribution in [-0.4, -0.2) is 28.5 Å². The number of alkyl halides is 3. The Labute approximate surface area is 102 Å². The summed E-state index contributed by atoms with van der Waals surface area (Å²) >= 11 is 0. The van der Waals surface area contributed by atoms with Gasteiger partial charge in [0.2, 0.25) is 5.89 Å². The molecule has 0 atom stereocenters. The third-order valence-corrected chi connectivity index (χ3v) is 1.99. The van der Waals surface area contributed by atoms with Gasteiger partial charge < -0.3 is 15.0 Å². The highest BCUT2D eigenvalue weighted by Crippen LogP contribution is 2.15. The second-order valence-corrected chi connectivity index (χ2v) is 4.70. The zero-order valence-corrected chi connectivity index (χ0v) is 10.3. The summed E-state index contributed by atoms with van der Waals surface area (Å²) in [6.45, 7) is 2.06. The lowest BCUT2D eigenvalue weighted by Gasteiger charge is -2.16. The number of rotatable bonds is 6. The maximum atomic E-state index is 11.8. The molecule has 0 bridgehead atoms. The summed E-state index contributed by atoms with van der Waals surface area (Å²) in [5, 5.41) is 3.52. The first-order chi connectivity index (χ1) is 8.16. The molecule has 5 nitrogen and oxygen atoms in total. The van der Waals surface area contributed by atoms with Gasteiger partial charge in [0.05, 0.1) is 0 Å². The summed E-state index contributed by atoms with van der Waals surface area (Å²) in [4.78, 5) is 3.91. The Hall–Kier alpha value is -1.15. The standard InChI is InChI=1S/C10H16F3N3O2/c1-9(2,14)4-3-8-15-7(16-18-8)5-17-6-10(11,12)13/h3-6,14H2,1-2H3. The van der Waals surface area contributed by atoms with Crippen molar-refractivity contribution in [2.75, 3.05) is 6.61 Å². The van der Waals surface area contributed by atoms with Gasteiger partial charge in [-0.25, -0.2) is 0 Å². The fraction of sp³-hybridized carbons (Fsp3) is 0.800. The SMILES string of the molecule is CC(C)(N)CCc1nc(COCC(F)(F)F)no1. The van der Waals surface area contributed by atoms with Gasteiger partial charge in [-0.15, -0.1) is 0 Å². The lowest BCUT2D eigenvalue weighted by atomic mass is 10.0. The van der Waals surface area contributed by atoms with E-state index in [2.05, 4.69) is 14.9 Å². The Bertz CT molecular complexity index is 371. The van der Waals surface area contributed by atoms with E-state index in [0.29, 0.717) is 18.7 Å². The van der Waals surface area contributed by atoms with E-state index in [4.69, 9.17) is 10.3 Å². The Morgan fingerprint density at radius 3 is 2.56 bits per heavy atom. The molecule has 0 fully saturated rings. The average molecular weight is 267 g/mol. The summed E-state index contributed by atoms with van der Waals surface area (Å²) in [5.74, 6) is 0.447. The van der Waals surface area contributed by atoms with Gasteiger partial charge in [0.25, 0.3) is 0 Å². The highest BCUT2D eigenvalue weighted by molar-refractivity contribution is 4.87. The average Bonchev–Trinajstić information content (AvgIpc) is 2.60. The van der Waals surface area contributed by atoms with Gasteiger partial charge in [-0.2, -0.15) is 18.2 Å². The molecular formula is C10H16F3N3O2. The van der Waals surface area contributed by atoms with Gasteiger partial charge in [-0.3, -0.25) is 0 Å². The molecule has 1 heterocycles. The highest BCUT2D eigenvalue weighted by Gasteiger charge is 2.27. The molecule has 0 aliphatic carbocycles. The number of hydrogen-bond donors (Lipinski definition) is 1. The molecular weight excluding hydrogens is 251 g/mol. The molecule has 0 amide bonds. The van der Waals surface area contributed by atoms with Crippen LogP contribution in [0.5, 0.6) is 0 Å². The number of ether oxygens (including phenoxy) is 1. The maximum absolute atomic E-state index is 11.8. The first-order valence-electron chi connectivity index (χ1n) is 5.40. The third-order valence-electron chi connectivity index (χ3n) is 1.99. The minimum atomic E-state index is -4.35. The van der Waals surface area contributed by atoms with E-state index in [1.165, 1.54) is 0 Å². The Kier molecular flexibility index (Phi) is 4.69. The van der Waals surface area contributed by atoms with Crippen LogP contribution >= 0.6 is 0 Å². The van der Waals surface area contributed by atoms with Crippen molar-refractivity contribution in [3.8, 4) is 0 Å². The zero-order chi connectivity index (χ0) is 13.8. The van der Waals surface area contributed by atoms with E-state index in [0.717, 1.165) is 0 Å². The molecule has 0 unspecified atom stereocenters. The summed E-state index contributed by atoms with van der Waals surface area (Å²) < 4.78 is 44.7. The molecule has 0 aromatic carbocycles. The van der Waals surface area contributed by atoms with Crippen molar-refractivity contribution < 1.29 is 22.4 Å². The largest absolute Gasteiger partial charge is 0.411 e. The number of aryl methyl sites for hydroxylation is 1. The lowest BCUT2D eigenvalue weighted by Crippen LogP contribution is -2.32. The van der Waals surface area contributed by atoms with Gasteiger partial charge in [-0.1, -0.05) is 5.16 Å². The second-order valence-electron chi connectivity index (χ2n) is 4.70. The first kappa shape index (κ1) is 14.9. The van der Waals surface area contributed by atoms with Crippen molar-refractivity contribution >= 4 is 0 Å².